The molecule has 2 aromatic rings. The third-order valence-corrected chi connectivity index (χ3v) is 3.78. The number of amides is 2. The van der Waals surface area contributed by atoms with Crippen molar-refractivity contribution in [2.24, 2.45) is 0 Å². The molecule has 1 aliphatic rings. The molecule has 0 spiro atoms. The van der Waals surface area contributed by atoms with E-state index in [9.17, 15) is 4.79 Å². The Balaban J connectivity index is 1.43. The second-order valence-corrected chi connectivity index (χ2v) is 5.68. The normalized spacial score (nSPS) is 15.6. The van der Waals surface area contributed by atoms with Crippen molar-refractivity contribution in [2.45, 2.75) is 12.5 Å². The third-order valence-electron chi connectivity index (χ3n) is 3.78. The van der Waals surface area contributed by atoms with Crippen LogP contribution in [0.2, 0.25) is 0 Å². The molecule has 2 amide bonds. The highest BCUT2D eigenvalue weighted by Gasteiger charge is 2.23. The fraction of sp³-hybridized carbons (Fsp3) is 0.333. The monoisotopic (exact) mass is 327 g/mol. The Bertz CT molecular complexity index is 678. The fourth-order valence-corrected chi connectivity index (χ4v) is 2.52. The van der Waals surface area contributed by atoms with Crippen LogP contribution in [0, 0.1) is 0 Å². The standard InChI is InChI=1S/C18H21N3O3/c1-21(18(22)20-11-9-14-6-4-5-10-19-14)12-15-13-23-16-7-2-3-8-17(16)24-15/h2-8,10,15H,9,11-13H2,1H3,(H,20,22)/t15-/m1/s1. The first-order chi connectivity index (χ1) is 11.7. The van der Waals surface area contributed by atoms with E-state index in [1.165, 1.54) is 0 Å². The van der Waals surface area contributed by atoms with Crippen LogP contribution in [-0.4, -0.2) is 48.8 Å². The summed E-state index contributed by atoms with van der Waals surface area (Å²) >= 11 is 0. The number of hydrogen-bond acceptors (Lipinski definition) is 4. The van der Waals surface area contributed by atoms with E-state index < -0.39 is 0 Å². The summed E-state index contributed by atoms with van der Waals surface area (Å²) < 4.78 is 11.5. The molecule has 0 bridgehead atoms. The van der Waals surface area contributed by atoms with E-state index in [2.05, 4.69) is 10.3 Å². The number of fused-ring (bicyclic) bond motifs is 1. The Labute approximate surface area is 141 Å². The number of carbonyl (C=O) groups is 1. The van der Waals surface area contributed by atoms with Crippen LogP contribution < -0.4 is 14.8 Å². The molecule has 126 valence electrons. The third kappa shape index (κ3) is 4.16. The maximum absolute atomic E-state index is 12.2. The number of nitrogens with zero attached hydrogens (tertiary/aromatic N) is 2. The molecule has 1 N–H and O–H groups in total. The molecule has 0 saturated carbocycles. The first-order valence-electron chi connectivity index (χ1n) is 8.00. The topological polar surface area (TPSA) is 63.7 Å². The quantitative estimate of drug-likeness (QED) is 0.913. The summed E-state index contributed by atoms with van der Waals surface area (Å²) in [6.07, 6.45) is 2.28. The molecular formula is C18H21N3O3. The lowest BCUT2D eigenvalue weighted by atomic mass is 10.2. The van der Waals surface area contributed by atoms with Gasteiger partial charge in [0, 0.05) is 31.9 Å². The molecular weight excluding hydrogens is 306 g/mol. The van der Waals surface area contributed by atoms with E-state index in [1.807, 2.05) is 42.5 Å². The molecule has 24 heavy (non-hydrogen) atoms. The van der Waals surface area contributed by atoms with E-state index in [1.54, 1.807) is 18.1 Å². The zero-order chi connectivity index (χ0) is 16.8. The van der Waals surface area contributed by atoms with Crippen LogP contribution >= 0.6 is 0 Å². The summed E-state index contributed by atoms with van der Waals surface area (Å²) in [6, 6.07) is 13.2. The molecule has 6 nitrogen and oxygen atoms in total. The number of para-hydroxylation sites is 2. The minimum absolute atomic E-state index is 0.131. The predicted molar refractivity (Wildman–Crippen MR) is 90.3 cm³/mol. The van der Waals surface area contributed by atoms with Gasteiger partial charge in [-0.05, 0) is 24.3 Å². The molecule has 3 rings (SSSR count). The highest BCUT2D eigenvalue weighted by Crippen LogP contribution is 2.30. The zero-order valence-corrected chi connectivity index (χ0v) is 13.6. The molecule has 0 radical (unpaired) electrons. The van der Waals surface area contributed by atoms with E-state index in [4.69, 9.17) is 9.47 Å². The maximum atomic E-state index is 12.2. The average Bonchev–Trinajstić information content (AvgIpc) is 2.62. The summed E-state index contributed by atoms with van der Waals surface area (Å²) in [5.74, 6) is 1.47. The molecule has 1 aromatic heterocycles. The predicted octanol–water partition coefficient (Wildman–Crippen LogP) is 2.11. The van der Waals surface area contributed by atoms with Crippen LogP contribution in [0.5, 0.6) is 11.5 Å². The van der Waals surface area contributed by atoms with Gasteiger partial charge in [0.25, 0.3) is 0 Å². The van der Waals surface area contributed by atoms with Gasteiger partial charge in [0.05, 0.1) is 6.54 Å². The molecule has 0 saturated heterocycles. The summed E-state index contributed by atoms with van der Waals surface area (Å²) in [5.41, 5.74) is 0.959. The molecule has 2 heterocycles. The number of rotatable bonds is 5. The van der Waals surface area contributed by atoms with Gasteiger partial charge >= 0.3 is 6.03 Å². The van der Waals surface area contributed by atoms with E-state index in [0.717, 1.165) is 17.2 Å². The van der Waals surface area contributed by atoms with Crippen LogP contribution in [0.4, 0.5) is 4.79 Å². The van der Waals surface area contributed by atoms with Crippen molar-refractivity contribution in [3.8, 4) is 11.5 Å². The lowest BCUT2D eigenvalue weighted by molar-refractivity contribution is 0.0716. The van der Waals surface area contributed by atoms with Gasteiger partial charge in [0.15, 0.2) is 17.6 Å². The number of aromatic nitrogens is 1. The van der Waals surface area contributed by atoms with Crippen molar-refractivity contribution in [1.82, 2.24) is 15.2 Å². The van der Waals surface area contributed by atoms with Gasteiger partial charge in [-0.2, -0.15) is 0 Å². The minimum Gasteiger partial charge on any atom is -0.486 e. The van der Waals surface area contributed by atoms with Crippen LogP contribution in [-0.2, 0) is 6.42 Å². The number of likely N-dealkylation sites (N-methyl/N-ethyl adjacent to an activating group) is 1. The summed E-state index contributed by atoms with van der Waals surface area (Å²) in [4.78, 5) is 18.0. The fourth-order valence-electron chi connectivity index (χ4n) is 2.52. The Kier molecular flexibility index (Phi) is 5.15. The zero-order valence-electron chi connectivity index (χ0n) is 13.6. The second-order valence-electron chi connectivity index (χ2n) is 5.68. The Morgan fingerprint density at radius 1 is 1.25 bits per heavy atom. The van der Waals surface area contributed by atoms with Gasteiger partial charge in [-0.1, -0.05) is 18.2 Å². The highest BCUT2D eigenvalue weighted by atomic mass is 16.6. The lowest BCUT2D eigenvalue weighted by Crippen LogP contribution is -2.45. The van der Waals surface area contributed by atoms with Crippen LogP contribution in [0.3, 0.4) is 0 Å². The number of ether oxygens (including phenoxy) is 2. The lowest BCUT2D eigenvalue weighted by Gasteiger charge is -2.29. The minimum atomic E-state index is -0.175. The summed E-state index contributed by atoms with van der Waals surface area (Å²) in [5, 5.41) is 2.89. The van der Waals surface area contributed by atoms with Crippen LogP contribution in [0.1, 0.15) is 5.69 Å². The van der Waals surface area contributed by atoms with Crippen molar-refractivity contribution in [1.29, 1.82) is 0 Å². The van der Waals surface area contributed by atoms with Crippen molar-refractivity contribution >= 4 is 6.03 Å². The van der Waals surface area contributed by atoms with E-state index in [-0.39, 0.29) is 12.1 Å². The van der Waals surface area contributed by atoms with Gasteiger partial charge in [-0.3, -0.25) is 4.98 Å². The largest absolute Gasteiger partial charge is 0.486 e. The average molecular weight is 327 g/mol. The number of urea groups is 1. The SMILES string of the molecule is CN(C[C@@H]1COc2ccccc2O1)C(=O)NCCc1ccccn1. The smallest absolute Gasteiger partial charge is 0.317 e. The molecule has 0 fully saturated rings. The first kappa shape index (κ1) is 16.1. The van der Waals surface area contributed by atoms with Gasteiger partial charge < -0.3 is 19.7 Å². The number of hydrogen-bond donors (Lipinski definition) is 1. The summed E-state index contributed by atoms with van der Waals surface area (Å²) in [6.45, 7) is 1.44. The van der Waals surface area contributed by atoms with Gasteiger partial charge in [0.1, 0.15) is 6.61 Å². The molecule has 1 atom stereocenters. The Morgan fingerprint density at radius 2 is 2.04 bits per heavy atom. The number of carbonyl (C=O) groups excluding carboxylic acids is 1. The maximum Gasteiger partial charge on any atom is 0.317 e. The second kappa shape index (κ2) is 7.68. The first-order valence-corrected chi connectivity index (χ1v) is 8.00. The Hall–Kier alpha value is -2.76. The van der Waals surface area contributed by atoms with Gasteiger partial charge in [-0.15, -0.1) is 0 Å². The van der Waals surface area contributed by atoms with E-state index >= 15 is 0 Å². The molecule has 0 unspecified atom stereocenters. The number of pyridine rings is 1. The van der Waals surface area contributed by atoms with Crippen molar-refractivity contribution in [3.05, 3.63) is 54.4 Å². The molecule has 1 aliphatic heterocycles. The van der Waals surface area contributed by atoms with E-state index in [0.29, 0.717) is 26.1 Å². The summed E-state index contributed by atoms with van der Waals surface area (Å²) in [7, 11) is 1.75. The number of benzene rings is 1. The Morgan fingerprint density at radius 3 is 2.83 bits per heavy atom. The number of nitrogens with one attached hydrogen (secondary N) is 1. The van der Waals surface area contributed by atoms with Gasteiger partial charge in [-0.25, -0.2) is 4.79 Å². The molecule has 0 aliphatic carbocycles. The van der Waals surface area contributed by atoms with Gasteiger partial charge in [0.2, 0.25) is 0 Å². The molecule has 1 aromatic carbocycles. The van der Waals surface area contributed by atoms with Crippen LogP contribution in [0.25, 0.3) is 0 Å². The highest BCUT2D eigenvalue weighted by molar-refractivity contribution is 5.73. The van der Waals surface area contributed by atoms with Crippen molar-refractivity contribution < 1.29 is 14.3 Å². The van der Waals surface area contributed by atoms with Crippen LogP contribution in [0.15, 0.2) is 48.7 Å². The van der Waals surface area contributed by atoms with Crippen molar-refractivity contribution in [3.63, 3.8) is 0 Å². The van der Waals surface area contributed by atoms with Crippen molar-refractivity contribution in [2.75, 3.05) is 26.7 Å². The molecule has 6 heteroatoms.